The Morgan fingerprint density at radius 2 is 1.81 bits per heavy atom. The Morgan fingerprint density at radius 3 is 2.48 bits per heavy atom. The molecule has 8 aliphatic rings. The quantitative estimate of drug-likeness (QED) is 0.223. The van der Waals surface area contributed by atoms with Gasteiger partial charge >= 0.3 is 17.9 Å². The van der Waals surface area contributed by atoms with E-state index >= 15 is 0 Å². The van der Waals surface area contributed by atoms with Gasteiger partial charge in [0, 0.05) is 29.4 Å². The summed E-state index contributed by atoms with van der Waals surface area (Å²) in [5.74, 6) is -1.61. The Hall–Kier alpha value is -2.78. The highest BCUT2D eigenvalue weighted by molar-refractivity contribution is 6.09. The van der Waals surface area contributed by atoms with Crippen LogP contribution in [0.4, 0.5) is 0 Å². The molecule has 9 nitrogen and oxygen atoms in total. The zero-order valence-corrected chi connectivity index (χ0v) is 24.7. The van der Waals surface area contributed by atoms with E-state index in [4.69, 9.17) is 14.2 Å². The molecular formula is C33H38O9. The first-order valence-corrected chi connectivity index (χ1v) is 15.3. The van der Waals surface area contributed by atoms with Gasteiger partial charge in [-0.05, 0) is 84.7 Å². The smallest absolute Gasteiger partial charge is 0.337 e. The summed E-state index contributed by atoms with van der Waals surface area (Å²) in [4.78, 5) is 52.8. The molecule has 7 aliphatic carbocycles. The van der Waals surface area contributed by atoms with E-state index in [9.17, 15) is 29.4 Å². The molecule has 2 N–H and O–H groups in total. The highest BCUT2D eigenvalue weighted by atomic mass is 16.6. The number of hydrogen-bond acceptors (Lipinski definition) is 9. The van der Waals surface area contributed by atoms with E-state index in [1.54, 1.807) is 6.92 Å². The maximum absolute atomic E-state index is 14.3. The van der Waals surface area contributed by atoms with E-state index in [0.29, 0.717) is 31.3 Å². The van der Waals surface area contributed by atoms with Crippen molar-refractivity contribution in [1.29, 1.82) is 0 Å². The third-order valence-corrected chi connectivity index (χ3v) is 13.5. The molecule has 1 aliphatic heterocycles. The van der Waals surface area contributed by atoms with E-state index in [1.807, 2.05) is 6.92 Å². The van der Waals surface area contributed by atoms with Crippen LogP contribution in [0.5, 0.6) is 0 Å². The fourth-order valence-corrected chi connectivity index (χ4v) is 11.7. The SMILES string of the molecule is COC(=O)/C(C)=C1\C(=O)[C@H](O)[C@]2(C)C3=C(C[C@@H]4[C@]5(OC(=O)C(CO)=C5C[C@H]5[C@H](COC(C)=O)[C@H]6C[C@H]6[C@]45C)[C@H]31)[C@H]1C[C@H]12. The minimum absolute atomic E-state index is 0.105. The Balaban J connectivity index is 1.40. The number of allylic oxidation sites excluding steroid dienone is 1. The minimum Gasteiger partial charge on any atom is -0.466 e. The Morgan fingerprint density at radius 1 is 1.07 bits per heavy atom. The number of ether oxygens (including phenoxy) is 3. The van der Waals surface area contributed by atoms with Crippen molar-refractivity contribution in [3.63, 3.8) is 0 Å². The number of carbonyl (C=O) groups excluding carboxylic acids is 4. The van der Waals surface area contributed by atoms with Crippen LogP contribution in [0.15, 0.2) is 33.4 Å². The number of aliphatic hydroxyl groups is 2. The lowest BCUT2D eigenvalue weighted by Gasteiger charge is -2.63. The zero-order chi connectivity index (χ0) is 29.8. The molecule has 12 atom stereocenters. The van der Waals surface area contributed by atoms with Crippen molar-refractivity contribution in [1.82, 2.24) is 0 Å². The molecule has 0 bridgehead atoms. The monoisotopic (exact) mass is 578 g/mol. The number of hydrogen-bond donors (Lipinski definition) is 2. The number of fused-ring (bicyclic) bond motifs is 7. The number of rotatable bonds is 4. The predicted octanol–water partition coefficient (Wildman–Crippen LogP) is 2.45. The van der Waals surface area contributed by atoms with Crippen molar-refractivity contribution < 1.29 is 43.6 Å². The third kappa shape index (κ3) is 2.75. The lowest BCUT2D eigenvalue weighted by molar-refractivity contribution is -0.179. The summed E-state index contributed by atoms with van der Waals surface area (Å²) in [5, 5.41) is 22.2. The van der Waals surface area contributed by atoms with Gasteiger partial charge in [0.25, 0.3) is 0 Å². The molecule has 42 heavy (non-hydrogen) atoms. The van der Waals surface area contributed by atoms with Gasteiger partial charge in [-0.3, -0.25) is 9.59 Å². The Labute approximate surface area is 244 Å². The van der Waals surface area contributed by atoms with Gasteiger partial charge in [-0.25, -0.2) is 9.59 Å². The van der Waals surface area contributed by atoms with Gasteiger partial charge in [-0.1, -0.05) is 19.4 Å². The number of aliphatic hydroxyl groups excluding tert-OH is 2. The van der Waals surface area contributed by atoms with Crippen molar-refractivity contribution in [2.75, 3.05) is 20.3 Å². The maximum Gasteiger partial charge on any atom is 0.337 e. The number of esters is 3. The van der Waals surface area contributed by atoms with Crippen LogP contribution >= 0.6 is 0 Å². The summed E-state index contributed by atoms with van der Waals surface area (Å²) in [6.45, 7) is 7.09. The van der Waals surface area contributed by atoms with Crippen LogP contribution in [0, 0.1) is 58.2 Å². The van der Waals surface area contributed by atoms with Gasteiger partial charge in [0.05, 0.1) is 31.8 Å². The third-order valence-electron chi connectivity index (χ3n) is 13.5. The fourth-order valence-electron chi connectivity index (χ4n) is 11.7. The molecule has 0 saturated heterocycles. The van der Waals surface area contributed by atoms with E-state index in [1.165, 1.54) is 19.6 Å². The van der Waals surface area contributed by atoms with Crippen LogP contribution < -0.4 is 0 Å². The molecule has 0 aromatic heterocycles. The van der Waals surface area contributed by atoms with Crippen molar-refractivity contribution in [2.45, 2.75) is 65.1 Å². The van der Waals surface area contributed by atoms with Crippen molar-refractivity contribution in [2.24, 2.45) is 58.2 Å². The Kier molecular flexibility index (Phi) is 5.13. The molecule has 1 heterocycles. The molecule has 1 spiro atoms. The van der Waals surface area contributed by atoms with E-state index in [-0.39, 0.29) is 57.7 Å². The normalized spacial score (nSPS) is 49.7. The molecule has 5 saturated carbocycles. The first-order valence-electron chi connectivity index (χ1n) is 15.3. The Bertz CT molecular complexity index is 1500. The van der Waals surface area contributed by atoms with E-state index < -0.39 is 47.4 Å². The summed E-state index contributed by atoms with van der Waals surface area (Å²) in [6, 6.07) is 0. The van der Waals surface area contributed by atoms with Crippen LogP contribution in [0.25, 0.3) is 0 Å². The summed E-state index contributed by atoms with van der Waals surface area (Å²) < 4.78 is 17.3. The first-order chi connectivity index (χ1) is 19.9. The summed E-state index contributed by atoms with van der Waals surface area (Å²) in [7, 11) is 1.27. The molecular weight excluding hydrogens is 540 g/mol. The molecule has 0 unspecified atom stereocenters. The van der Waals surface area contributed by atoms with Crippen LogP contribution in [0.2, 0.25) is 0 Å². The highest BCUT2D eigenvalue weighted by Gasteiger charge is 2.81. The highest BCUT2D eigenvalue weighted by Crippen LogP contribution is 2.82. The van der Waals surface area contributed by atoms with Gasteiger partial charge in [-0.2, -0.15) is 0 Å². The molecule has 0 radical (unpaired) electrons. The average Bonchev–Trinajstić information content (AvgIpc) is 3.86. The van der Waals surface area contributed by atoms with Crippen LogP contribution in [0.3, 0.4) is 0 Å². The summed E-state index contributed by atoms with van der Waals surface area (Å²) >= 11 is 0. The van der Waals surface area contributed by atoms with Crippen LogP contribution in [0.1, 0.15) is 53.4 Å². The van der Waals surface area contributed by atoms with Crippen LogP contribution in [-0.2, 0) is 33.4 Å². The second-order valence-electron chi connectivity index (χ2n) is 14.6. The molecule has 0 amide bonds. The summed E-state index contributed by atoms with van der Waals surface area (Å²) in [6.07, 6.45) is 1.78. The van der Waals surface area contributed by atoms with E-state index in [2.05, 4.69) is 6.92 Å². The van der Waals surface area contributed by atoms with Crippen molar-refractivity contribution >= 4 is 23.7 Å². The zero-order valence-electron chi connectivity index (χ0n) is 24.7. The second kappa shape index (κ2) is 8.03. The van der Waals surface area contributed by atoms with E-state index in [0.717, 1.165) is 24.0 Å². The lowest BCUT2D eigenvalue weighted by Crippen LogP contribution is -2.66. The topological polar surface area (TPSA) is 136 Å². The van der Waals surface area contributed by atoms with Gasteiger partial charge in [-0.15, -0.1) is 0 Å². The number of Topliss-reactive ketones (excluding diaryl/α,β-unsaturated/α-hetero) is 1. The van der Waals surface area contributed by atoms with Crippen LogP contribution in [-0.4, -0.2) is 65.9 Å². The minimum atomic E-state index is -1.31. The molecule has 8 rings (SSSR count). The van der Waals surface area contributed by atoms with Gasteiger partial charge in [0.2, 0.25) is 0 Å². The first kappa shape index (κ1) is 26.8. The number of methoxy groups -OCH3 is 1. The summed E-state index contributed by atoms with van der Waals surface area (Å²) in [5.41, 5.74) is 1.12. The molecule has 5 fully saturated rings. The predicted molar refractivity (Wildman–Crippen MR) is 145 cm³/mol. The van der Waals surface area contributed by atoms with Gasteiger partial charge < -0.3 is 24.4 Å². The van der Waals surface area contributed by atoms with Gasteiger partial charge in [0.15, 0.2) is 5.78 Å². The standard InChI is InChI=1S/C33H38O9/c1-12(29(38)40-5)24-26-25-16(14-6-20(14)32(25,4)28(37)27(24)36)8-23-31(3)19-7-15(19)18(11-41-13(2)35)21(31)9-22-17(10-34)30(39)42-33(22,23)26/h14-15,18-21,23,26,28,34,37H,6-11H2,1-5H3/b24-12-/t14-,15-,18-,19-,20-,21+,23+,26+,28+,31+,32+,33+/m1/s1. The fraction of sp³-hybridized carbons (Fsp3) is 0.697. The number of ketones is 1. The number of carbonyl (C=O) groups is 4. The lowest BCUT2D eigenvalue weighted by atomic mass is 9.42. The molecule has 224 valence electrons. The van der Waals surface area contributed by atoms with Crippen molar-refractivity contribution in [3.05, 3.63) is 33.4 Å². The second-order valence-corrected chi connectivity index (χ2v) is 14.6. The average molecular weight is 579 g/mol. The largest absolute Gasteiger partial charge is 0.466 e. The van der Waals surface area contributed by atoms with Gasteiger partial charge in [0.1, 0.15) is 11.7 Å². The maximum atomic E-state index is 14.3. The van der Waals surface area contributed by atoms with Crippen molar-refractivity contribution in [3.8, 4) is 0 Å². The molecule has 9 heteroatoms. The molecule has 0 aromatic rings. The molecule has 0 aromatic carbocycles.